The molecule has 0 aliphatic carbocycles. The van der Waals surface area contributed by atoms with Crippen molar-refractivity contribution in [3.05, 3.63) is 0 Å². The summed E-state index contributed by atoms with van der Waals surface area (Å²) in [5.41, 5.74) is 0. The van der Waals surface area contributed by atoms with Crippen molar-refractivity contribution < 1.29 is 10.2 Å². The van der Waals surface area contributed by atoms with Crippen LogP contribution < -0.4 is 0 Å². The molecule has 0 aliphatic rings. The van der Waals surface area contributed by atoms with E-state index in [1.54, 1.807) is 0 Å². The van der Waals surface area contributed by atoms with E-state index in [4.69, 9.17) is 0 Å². The molecule has 1 unspecified atom stereocenters. The van der Waals surface area contributed by atoms with Crippen LogP contribution in [0, 0.1) is 5.92 Å². The second-order valence-electron chi connectivity index (χ2n) is 4.23. The molecule has 0 aliphatic heterocycles. The van der Waals surface area contributed by atoms with Gasteiger partial charge in [0.05, 0.1) is 0 Å². The molecule has 0 saturated heterocycles. The zero-order valence-electron chi connectivity index (χ0n) is 9.92. The highest BCUT2D eigenvalue weighted by atomic mass is 16.5. The van der Waals surface area contributed by atoms with Crippen LogP contribution >= 0.6 is 0 Å². The topological polar surface area (TPSA) is 40.5 Å². The molecule has 86 valence electrons. The standard InChI is InChI=1S/C12H26O2/c1-4-7-9-11(6-3)12(13,14)10-8-5-2/h11,13-14H,4-10H2,1-3H3. The molecule has 0 bridgehead atoms. The van der Waals surface area contributed by atoms with Crippen molar-refractivity contribution in [3.8, 4) is 0 Å². The van der Waals surface area contributed by atoms with E-state index in [0.717, 1.165) is 38.5 Å². The van der Waals surface area contributed by atoms with Crippen LogP contribution in [-0.2, 0) is 0 Å². The van der Waals surface area contributed by atoms with Gasteiger partial charge in [0.25, 0.3) is 0 Å². The molecular formula is C12H26O2. The third-order valence-corrected chi connectivity index (χ3v) is 2.95. The fraction of sp³-hybridized carbons (Fsp3) is 1.00. The van der Waals surface area contributed by atoms with E-state index in [1.807, 2.05) is 6.92 Å². The molecule has 0 saturated carbocycles. The molecule has 2 N–H and O–H groups in total. The lowest BCUT2D eigenvalue weighted by Crippen LogP contribution is -2.37. The van der Waals surface area contributed by atoms with E-state index in [9.17, 15) is 10.2 Å². The molecule has 0 spiro atoms. The first-order valence-corrected chi connectivity index (χ1v) is 6.03. The number of rotatable bonds is 8. The van der Waals surface area contributed by atoms with Crippen LogP contribution in [0.2, 0.25) is 0 Å². The summed E-state index contributed by atoms with van der Waals surface area (Å²) in [6.07, 6.45) is 6.45. The first kappa shape index (κ1) is 13.9. The minimum atomic E-state index is -1.43. The number of hydrogen-bond donors (Lipinski definition) is 2. The SMILES string of the molecule is CCCCC(CC)C(O)(O)CCCC. The Morgan fingerprint density at radius 3 is 2.00 bits per heavy atom. The third-order valence-electron chi connectivity index (χ3n) is 2.95. The molecule has 0 aromatic rings. The summed E-state index contributed by atoms with van der Waals surface area (Å²) in [6.45, 7) is 6.24. The normalized spacial score (nSPS) is 14.4. The number of unbranched alkanes of at least 4 members (excludes halogenated alkanes) is 2. The van der Waals surface area contributed by atoms with Crippen LogP contribution in [0.1, 0.15) is 65.7 Å². The maximum absolute atomic E-state index is 9.89. The molecule has 0 aromatic carbocycles. The van der Waals surface area contributed by atoms with Crippen molar-refractivity contribution in [2.24, 2.45) is 5.92 Å². The van der Waals surface area contributed by atoms with Crippen molar-refractivity contribution >= 4 is 0 Å². The van der Waals surface area contributed by atoms with Gasteiger partial charge in [0.1, 0.15) is 0 Å². The molecular weight excluding hydrogens is 176 g/mol. The van der Waals surface area contributed by atoms with Gasteiger partial charge in [0.2, 0.25) is 0 Å². The summed E-state index contributed by atoms with van der Waals surface area (Å²) in [7, 11) is 0. The quantitative estimate of drug-likeness (QED) is 0.594. The molecule has 14 heavy (non-hydrogen) atoms. The Bertz CT molecular complexity index is 132. The molecule has 0 rings (SSSR count). The van der Waals surface area contributed by atoms with Crippen LogP contribution in [0.15, 0.2) is 0 Å². The van der Waals surface area contributed by atoms with Crippen LogP contribution in [-0.4, -0.2) is 16.0 Å². The van der Waals surface area contributed by atoms with E-state index in [2.05, 4.69) is 13.8 Å². The Labute approximate surface area is 88.3 Å². The number of aliphatic hydroxyl groups is 2. The van der Waals surface area contributed by atoms with Crippen molar-refractivity contribution in [2.45, 2.75) is 71.5 Å². The lowest BCUT2D eigenvalue weighted by molar-refractivity contribution is -0.207. The highest BCUT2D eigenvalue weighted by molar-refractivity contribution is 4.74. The van der Waals surface area contributed by atoms with Gasteiger partial charge in [0, 0.05) is 12.3 Å². The maximum Gasteiger partial charge on any atom is 0.165 e. The smallest absolute Gasteiger partial charge is 0.165 e. The molecule has 2 heteroatoms. The van der Waals surface area contributed by atoms with Crippen LogP contribution in [0.3, 0.4) is 0 Å². The summed E-state index contributed by atoms with van der Waals surface area (Å²) < 4.78 is 0. The Morgan fingerprint density at radius 2 is 1.57 bits per heavy atom. The van der Waals surface area contributed by atoms with E-state index < -0.39 is 5.79 Å². The summed E-state index contributed by atoms with van der Waals surface area (Å²) in [5, 5.41) is 19.8. The average molecular weight is 202 g/mol. The lowest BCUT2D eigenvalue weighted by Gasteiger charge is -2.30. The van der Waals surface area contributed by atoms with E-state index in [1.165, 1.54) is 0 Å². The molecule has 2 nitrogen and oxygen atoms in total. The Kier molecular flexibility index (Phi) is 7.20. The lowest BCUT2D eigenvalue weighted by atomic mass is 9.87. The van der Waals surface area contributed by atoms with Gasteiger partial charge in [0.15, 0.2) is 5.79 Å². The fourth-order valence-electron chi connectivity index (χ4n) is 1.85. The van der Waals surface area contributed by atoms with Crippen LogP contribution in [0.4, 0.5) is 0 Å². The molecule has 0 amide bonds. The summed E-state index contributed by atoms with van der Waals surface area (Å²) in [4.78, 5) is 0. The second kappa shape index (κ2) is 7.24. The monoisotopic (exact) mass is 202 g/mol. The van der Waals surface area contributed by atoms with Gasteiger partial charge in [-0.25, -0.2) is 0 Å². The minimum absolute atomic E-state index is 0.0500. The zero-order chi connectivity index (χ0) is 11.0. The van der Waals surface area contributed by atoms with Crippen molar-refractivity contribution in [3.63, 3.8) is 0 Å². The Balaban J connectivity index is 4.03. The Hall–Kier alpha value is -0.0800. The Morgan fingerprint density at radius 1 is 1.00 bits per heavy atom. The van der Waals surface area contributed by atoms with E-state index >= 15 is 0 Å². The highest BCUT2D eigenvalue weighted by Gasteiger charge is 2.31. The van der Waals surface area contributed by atoms with Gasteiger partial charge in [-0.2, -0.15) is 0 Å². The van der Waals surface area contributed by atoms with E-state index in [-0.39, 0.29) is 5.92 Å². The van der Waals surface area contributed by atoms with Crippen molar-refractivity contribution in [1.82, 2.24) is 0 Å². The summed E-state index contributed by atoms with van der Waals surface area (Å²) >= 11 is 0. The minimum Gasteiger partial charge on any atom is -0.365 e. The first-order valence-electron chi connectivity index (χ1n) is 6.03. The first-order chi connectivity index (χ1) is 6.58. The summed E-state index contributed by atoms with van der Waals surface area (Å²) in [6, 6.07) is 0. The third kappa shape index (κ3) is 4.97. The predicted molar refractivity (Wildman–Crippen MR) is 60.0 cm³/mol. The van der Waals surface area contributed by atoms with Crippen molar-refractivity contribution in [1.29, 1.82) is 0 Å². The molecule has 0 heterocycles. The van der Waals surface area contributed by atoms with Crippen molar-refractivity contribution in [2.75, 3.05) is 0 Å². The van der Waals surface area contributed by atoms with Gasteiger partial charge in [-0.15, -0.1) is 0 Å². The molecule has 1 atom stereocenters. The largest absolute Gasteiger partial charge is 0.365 e. The molecule has 0 fully saturated rings. The predicted octanol–water partition coefficient (Wildman–Crippen LogP) is 3.07. The molecule has 0 radical (unpaired) electrons. The zero-order valence-corrected chi connectivity index (χ0v) is 9.92. The van der Waals surface area contributed by atoms with Gasteiger partial charge < -0.3 is 10.2 Å². The number of hydrogen-bond acceptors (Lipinski definition) is 2. The maximum atomic E-state index is 9.89. The average Bonchev–Trinajstić information content (AvgIpc) is 2.16. The molecule has 0 aromatic heterocycles. The fourth-order valence-corrected chi connectivity index (χ4v) is 1.85. The van der Waals surface area contributed by atoms with E-state index in [0.29, 0.717) is 6.42 Å². The van der Waals surface area contributed by atoms with Gasteiger partial charge in [-0.05, 0) is 19.3 Å². The highest BCUT2D eigenvalue weighted by Crippen LogP contribution is 2.28. The summed E-state index contributed by atoms with van der Waals surface area (Å²) in [5.74, 6) is -1.38. The van der Waals surface area contributed by atoms with Gasteiger partial charge >= 0.3 is 0 Å². The van der Waals surface area contributed by atoms with Gasteiger partial charge in [-0.3, -0.25) is 0 Å². The van der Waals surface area contributed by atoms with Crippen LogP contribution in [0.25, 0.3) is 0 Å². The second-order valence-corrected chi connectivity index (χ2v) is 4.23. The van der Waals surface area contributed by atoms with Gasteiger partial charge in [-0.1, -0.05) is 40.0 Å². The van der Waals surface area contributed by atoms with Crippen LogP contribution in [0.5, 0.6) is 0 Å².